The molecule has 5 rings (SSSR count). The molecule has 2 aliphatic heterocycles. The van der Waals surface area contributed by atoms with Gasteiger partial charge in [0.2, 0.25) is 0 Å². The van der Waals surface area contributed by atoms with Gasteiger partial charge in [-0.3, -0.25) is 14.5 Å². The van der Waals surface area contributed by atoms with E-state index in [1.807, 2.05) is 61.5 Å². The Morgan fingerprint density at radius 2 is 1.70 bits per heavy atom. The van der Waals surface area contributed by atoms with Crippen molar-refractivity contribution in [3.05, 3.63) is 101 Å². The molecule has 0 aromatic heterocycles. The van der Waals surface area contributed by atoms with E-state index in [0.717, 1.165) is 68.1 Å². The number of piperazine rings is 1. The van der Waals surface area contributed by atoms with Gasteiger partial charge in [-0.1, -0.05) is 61.0 Å². The number of amides is 2. The van der Waals surface area contributed by atoms with E-state index in [2.05, 4.69) is 28.1 Å². The molecule has 2 amide bonds. The lowest BCUT2D eigenvalue weighted by atomic mass is 10.1. The van der Waals surface area contributed by atoms with Gasteiger partial charge in [-0.25, -0.2) is 0 Å². The van der Waals surface area contributed by atoms with Gasteiger partial charge in [0, 0.05) is 38.3 Å². The molecule has 2 heterocycles. The fourth-order valence-corrected chi connectivity index (χ4v) is 5.23. The molecule has 1 N–H and O–H groups in total. The zero-order valence-electron chi connectivity index (χ0n) is 23.4. The van der Waals surface area contributed by atoms with Crippen LogP contribution in [0.5, 0.6) is 5.75 Å². The van der Waals surface area contributed by atoms with Crippen LogP contribution >= 0.6 is 0 Å². The highest BCUT2D eigenvalue weighted by molar-refractivity contribution is 6.09. The van der Waals surface area contributed by atoms with Crippen LogP contribution in [0.2, 0.25) is 0 Å². The third-order valence-electron chi connectivity index (χ3n) is 7.57. The number of rotatable bonds is 9. The molecule has 7 nitrogen and oxygen atoms in total. The minimum Gasteiger partial charge on any atom is -0.449 e. The molecular weight excluding hydrogens is 500 g/mol. The van der Waals surface area contributed by atoms with Crippen molar-refractivity contribution >= 4 is 23.6 Å². The Kier molecular flexibility index (Phi) is 8.94. The van der Waals surface area contributed by atoms with Crippen LogP contribution in [-0.2, 0) is 11.3 Å². The van der Waals surface area contributed by atoms with Gasteiger partial charge < -0.3 is 19.9 Å². The molecule has 40 heavy (non-hydrogen) atoms. The summed E-state index contributed by atoms with van der Waals surface area (Å²) in [4.78, 5) is 32.9. The predicted octanol–water partition coefficient (Wildman–Crippen LogP) is 4.72. The number of aryl methyl sites for hydroxylation is 1. The first-order chi connectivity index (χ1) is 19.5. The maximum atomic E-state index is 13.5. The van der Waals surface area contributed by atoms with Crippen molar-refractivity contribution < 1.29 is 14.3 Å². The van der Waals surface area contributed by atoms with Gasteiger partial charge in [0.05, 0.1) is 12.2 Å². The number of ether oxygens (including phenoxy) is 1. The highest BCUT2D eigenvalue weighted by Crippen LogP contribution is 2.36. The molecule has 0 saturated carbocycles. The first-order valence-electron chi connectivity index (χ1n) is 14.2. The number of nitrogens with one attached hydrogen (secondary N) is 1. The summed E-state index contributed by atoms with van der Waals surface area (Å²) in [7, 11) is 0. The standard InChI is InChI=1S/C33H38N4O3/c1-3-35-18-20-36(21-19-35)17-7-16-34-32(38)28-14-12-26(13-15-28)23-31-33(39)37(24-27-9-6-8-25(2)22-27)29-10-4-5-11-30(29)40-31/h4-6,8-15,22-23H,3,7,16-21,24H2,1-2H3,(H,34,38). The minimum absolute atomic E-state index is 0.0849. The predicted molar refractivity (Wildman–Crippen MR) is 159 cm³/mol. The second-order valence-corrected chi connectivity index (χ2v) is 10.5. The first-order valence-corrected chi connectivity index (χ1v) is 14.2. The Hall–Kier alpha value is -3.94. The van der Waals surface area contributed by atoms with E-state index < -0.39 is 0 Å². The van der Waals surface area contributed by atoms with Crippen LogP contribution in [0, 0.1) is 6.92 Å². The van der Waals surface area contributed by atoms with Crippen LogP contribution in [0.3, 0.4) is 0 Å². The summed E-state index contributed by atoms with van der Waals surface area (Å²) < 4.78 is 6.03. The van der Waals surface area contributed by atoms with Crippen molar-refractivity contribution in [1.82, 2.24) is 15.1 Å². The number of carbonyl (C=O) groups excluding carboxylic acids is 2. The Morgan fingerprint density at radius 1 is 0.950 bits per heavy atom. The largest absolute Gasteiger partial charge is 0.449 e. The van der Waals surface area contributed by atoms with E-state index in [0.29, 0.717) is 24.4 Å². The molecule has 0 bridgehead atoms. The highest BCUT2D eigenvalue weighted by atomic mass is 16.5. The molecule has 0 radical (unpaired) electrons. The highest BCUT2D eigenvalue weighted by Gasteiger charge is 2.30. The molecular formula is C33H38N4O3. The van der Waals surface area contributed by atoms with Crippen LogP contribution in [0.25, 0.3) is 6.08 Å². The van der Waals surface area contributed by atoms with E-state index in [-0.39, 0.29) is 17.6 Å². The molecule has 0 unspecified atom stereocenters. The Balaban J connectivity index is 1.20. The zero-order valence-corrected chi connectivity index (χ0v) is 23.4. The maximum Gasteiger partial charge on any atom is 0.294 e. The average molecular weight is 539 g/mol. The van der Waals surface area contributed by atoms with E-state index in [9.17, 15) is 9.59 Å². The summed E-state index contributed by atoms with van der Waals surface area (Å²) in [6.45, 7) is 11.9. The molecule has 3 aromatic rings. The van der Waals surface area contributed by atoms with Crippen molar-refractivity contribution in [2.24, 2.45) is 0 Å². The van der Waals surface area contributed by atoms with Crippen molar-refractivity contribution in [1.29, 1.82) is 0 Å². The molecule has 208 valence electrons. The van der Waals surface area contributed by atoms with Crippen molar-refractivity contribution in [2.75, 3.05) is 50.7 Å². The summed E-state index contributed by atoms with van der Waals surface area (Å²) in [5.41, 5.74) is 4.35. The van der Waals surface area contributed by atoms with E-state index >= 15 is 0 Å². The number of fused-ring (bicyclic) bond motifs is 1. The van der Waals surface area contributed by atoms with Gasteiger partial charge in [0.1, 0.15) is 0 Å². The average Bonchev–Trinajstić information content (AvgIpc) is 2.98. The fraction of sp³-hybridized carbons (Fsp3) is 0.333. The van der Waals surface area contributed by atoms with Crippen LogP contribution in [-0.4, -0.2) is 67.4 Å². The van der Waals surface area contributed by atoms with Crippen LogP contribution in [0.15, 0.2) is 78.6 Å². The first kappa shape index (κ1) is 27.6. The molecule has 7 heteroatoms. The van der Waals surface area contributed by atoms with Gasteiger partial charge in [0.25, 0.3) is 11.8 Å². The normalized spacial score (nSPS) is 17.0. The number of hydrogen-bond donors (Lipinski definition) is 1. The number of benzene rings is 3. The number of nitrogens with zero attached hydrogens (tertiary/aromatic N) is 3. The molecule has 0 spiro atoms. The van der Waals surface area contributed by atoms with E-state index in [1.165, 1.54) is 0 Å². The Labute approximate surface area is 237 Å². The number of hydrogen-bond acceptors (Lipinski definition) is 5. The van der Waals surface area contributed by atoms with Gasteiger partial charge in [0.15, 0.2) is 11.5 Å². The van der Waals surface area contributed by atoms with Crippen LogP contribution < -0.4 is 15.0 Å². The van der Waals surface area contributed by atoms with Gasteiger partial charge in [-0.05, 0) is 67.9 Å². The second kappa shape index (κ2) is 12.9. The minimum atomic E-state index is -0.196. The summed E-state index contributed by atoms with van der Waals surface area (Å²) >= 11 is 0. The number of anilines is 1. The summed E-state index contributed by atoms with van der Waals surface area (Å²) in [6, 6.07) is 23.0. The Morgan fingerprint density at radius 3 is 2.45 bits per heavy atom. The molecule has 3 aromatic carbocycles. The third kappa shape index (κ3) is 6.79. The van der Waals surface area contributed by atoms with Crippen LogP contribution in [0.1, 0.15) is 40.4 Å². The number of likely N-dealkylation sites (N-methyl/N-ethyl adjacent to an activating group) is 1. The molecule has 1 saturated heterocycles. The van der Waals surface area contributed by atoms with E-state index in [1.54, 1.807) is 23.1 Å². The van der Waals surface area contributed by atoms with Gasteiger partial charge in [-0.2, -0.15) is 0 Å². The molecule has 2 aliphatic rings. The van der Waals surface area contributed by atoms with Crippen molar-refractivity contribution in [2.45, 2.75) is 26.8 Å². The molecule has 0 atom stereocenters. The summed E-state index contributed by atoms with van der Waals surface area (Å²) in [5, 5.41) is 3.03. The quantitative estimate of drug-likeness (QED) is 0.316. The number of para-hydroxylation sites is 2. The summed E-state index contributed by atoms with van der Waals surface area (Å²) in [5.74, 6) is 0.615. The topological polar surface area (TPSA) is 65.1 Å². The smallest absolute Gasteiger partial charge is 0.294 e. The van der Waals surface area contributed by atoms with E-state index in [4.69, 9.17) is 4.74 Å². The fourth-order valence-electron chi connectivity index (χ4n) is 5.23. The maximum absolute atomic E-state index is 13.5. The lowest BCUT2D eigenvalue weighted by molar-refractivity contribution is -0.117. The van der Waals surface area contributed by atoms with Crippen LogP contribution in [0.4, 0.5) is 5.69 Å². The Bertz CT molecular complexity index is 1360. The zero-order chi connectivity index (χ0) is 27.9. The monoisotopic (exact) mass is 538 g/mol. The van der Waals surface area contributed by atoms with Gasteiger partial charge >= 0.3 is 0 Å². The lowest BCUT2D eigenvalue weighted by Crippen LogP contribution is -2.46. The van der Waals surface area contributed by atoms with Crippen molar-refractivity contribution in [3.8, 4) is 5.75 Å². The van der Waals surface area contributed by atoms with Gasteiger partial charge in [-0.15, -0.1) is 0 Å². The molecule has 0 aliphatic carbocycles. The molecule has 1 fully saturated rings. The van der Waals surface area contributed by atoms with Crippen molar-refractivity contribution in [3.63, 3.8) is 0 Å². The second-order valence-electron chi connectivity index (χ2n) is 10.5. The third-order valence-corrected chi connectivity index (χ3v) is 7.57. The SMILES string of the molecule is CCN1CCN(CCCNC(=O)c2ccc(C=C3Oc4ccccc4N(Cc4cccc(C)c4)C3=O)cc2)CC1. The lowest BCUT2D eigenvalue weighted by Gasteiger charge is -2.33. The summed E-state index contributed by atoms with van der Waals surface area (Å²) in [6.07, 6.45) is 2.67. The number of carbonyl (C=O) groups is 2.